The van der Waals surface area contributed by atoms with Crippen molar-refractivity contribution in [3.8, 4) is 6.07 Å². The quantitative estimate of drug-likeness (QED) is 0.885. The van der Waals surface area contributed by atoms with Crippen molar-refractivity contribution in [2.75, 3.05) is 0 Å². The summed E-state index contributed by atoms with van der Waals surface area (Å²) < 4.78 is 27.5. The summed E-state index contributed by atoms with van der Waals surface area (Å²) in [4.78, 5) is 0. The van der Waals surface area contributed by atoms with Crippen molar-refractivity contribution in [3.63, 3.8) is 0 Å². The highest BCUT2D eigenvalue weighted by molar-refractivity contribution is 5.34. The first-order valence-corrected chi connectivity index (χ1v) is 6.80. The van der Waals surface area contributed by atoms with Crippen molar-refractivity contribution < 1.29 is 8.78 Å². The third-order valence-electron chi connectivity index (χ3n) is 4.04. The molecule has 0 bridgehead atoms. The minimum Gasteiger partial charge on any atom is -0.309 e. The first-order chi connectivity index (χ1) is 9.19. The minimum atomic E-state index is -0.630. The summed E-state index contributed by atoms with van der Waals surface area (Å²) in [5.41, 5.74) is 0.0741. The fourth-order valence-corrected chi connectivity index (χ4v) is 2.69. The molecule has 1 aromatic carbocycles. The van der Waals surface area contributed by atoms with Crippen LogP contribution in [0, 0.1) is 34.8 Å². The smallest absolute Gasteiger partial charge is 0.131 e. The van der Waals surface area contributed by atoms with E-state index >= 15 is 0 Å². The molecule has 2 saturated carbocycles. The lowest BCUT2D eigenvalue weighted by atomic mass is 10.1. The fourth-order valence-electron chi connectivity index (χ4n) is 2.69. The molecule has 1 N–H and O–H groups in total. The third kappa shape index (κ3) is 2.76. The normalized spacial score (nSPS) is 18.6. The predicted octanol–water partition coefficient (Wildman–Crippen LogP) is 3.11. The van der Waals surface area contributed by atoms with Crippen LogP contribution in [0.1, 0.15) is 36.8 Å². The van der Waals surface area contributed by atoms with Gasteiger partial charge in [0.2, 0.25) is 0 Å². The van der Waals surface area contributed by atoms with E-state index in [1.165, 1.54) is 25.7 Å². The molecule has 0 unspecified atom stereocenters. The topological polar surface area (TPSA) is 35.8 Å². The van der Waals surface area contributed by atoms with Crippen LogP contribution in [0.3, 0.4) is 0 Å². The number of nitrogens with zero attached hydrogens (tertiary/aromatic N) is 1. The Morgan fingerprint density at radius 3 is 2.11 bits per heavy atom. The van der Waals surface area contributed by atoms with Crippen LogP contribution >= 0.6 is 0 Å². The Morgan fingerprint density at radius 2 is 1.68 bits per heavy atom. The van der Waals surface area contributed by atoms with Crippen molar-refractivity contribution in [3.05, 3.63) is 34.9 Å². The van der Waals surface area contributed by atoms with Gasteiger partial charge in [-0.2, -0.15) is 5.26 Å². The standard InChI is InChI=1S/C15H16F2N2/c16-13-5-9(7-18)6-14(17)12(13)8-19-15(10-1-2-10)11-3-4-11/h5-6,10-11,15,19H,1-4,8H2. The van der Waals surface area contributed by atoms with Gasteiger partial charge in [0, 0.05) is 18.2 Å². The average Bonchev–Trinajstić information content (AvgIpc) is 3.26. The fraction of sp³-hybridized carbons (Fsp3) is 0.533. The molecule has 100 valence electrons. The Labute approximate surface area is 111 Å². The highest BCUT2D eigenvalue weighted by Gasteiger charge is 2.41. The van der Waals surface area contributed by atoms with Gasteiger partial charge in [-0.15, -0.1) is 0 Å². The highest BCUT2D eigenvalue weighted by atomic mass is 19.1. The summed E-state index contributed by atoms with van der Waals surface area (Å²) in [5.74, 6) is 0.123. The molecular formula is C15H16F2N2. The van der Waals surface area contributed by atoms with Gasteiger partial charge in [-0.1, -0.05) is 0 Å². The molecule has 0 spiro atoms. The Bertz CT molecular complexity index is 492. The van der Waals surface area contributed by atoms with Crippen molar-refractivity contribution in [2.24, 2.45) is 11.8 Å². The zero-order chi connectivity index (χ0) is 13.4. The van der Waals surface area contributed by atoms with Gasteiger partial charge in [0.1, 0.15) is 11.6 Å². The molecule has 1 aromatic rings. The van der Waals surface area contributed by atoms with Crippen LogP contribution in [0.2, 0.25) is 0 Å². The van der Waals surface area contributed by atoms with E-state index in [1.807, 2.05) is 0 Å². The van der Waals surface area contributed by atoms with Gasteiger partial charge in [-0.05, 0) is 49.7 Å². The molecule has 2 fully saturated rings. The van der Waals surface area contributed by atoms with E-state index in [4.69, 9.17) is 5.26 Å². The van der Waals surface area contributed by atoms with Crippen molar-refractivity contribution in [1.29, 1.82) is 5.26 Å². The van der Waals surface area contributed by atoms with Gasteiger partial charge in [-0.3, -0.25) is 0 Å². The first-order valence-electron chi connectivity index (χ1n) is 6.80. The van der Waals surface area contributed by atoms with Gasteiger partial charge in [0.25, 0.3) is 0 Å². The third-order valence-corrected chi connectivity index (χ3v) is 4.04. The van der Waals surface area contributed by atoms with E-state index < -0.39 is 11.6 Å². The zero-order valence-electron chi connectivity index (χ0n) is 10.6. The van der Waals surface area contributed by atoms with Crippen LogP contribution in [-0.4, -0.2) is 6.04 Å². The highest BCUT2D eigenvalue weighted by Crippen LogP contribution is 2.44. The monoisotopic (exact) mass is 262 g/mol. The summed E-state index contributed by atoms with van der Waals surface area (Å²) in [6.45, 7) is 0.209. The molecule has 0 amide bonds. The Kier molecular flexibility index (Phi) is 3.24. The number of halogens is 2. The Balaban J connectivity index is 1.70. The molecule has 2 nitrogen and oxygen atoms in total. The maximum atomic E-state index is 13.8. The van der Waals surface area contributed by atoms with E-state index in [0.29, 0.717) is 17.9 Å². The average molecular weight is 262 g/mol. The second-order valence-electron chi connectivity index (χ2n) is 5.61. The molecule has 0 heterocycles. The van der Waals surface area contributed by atoms with Gasteiger partial charge in [0.15, 0.2) is 0 Å². The molecule has 19 heavy (non-hydrogen) atoms. The molecule has 2 aliphatic rings. The van der Waals surface area contributed by atoms with E-state index in [1.54, 1.807) is 6.07 Å². The second kappa shape index (κ2) is 4.90. The molecule has 0 aromatic heterocycles. The van der Waals surface area contributed by atoms with E-state index in [0.717, 1.165) is 12.1 Å². The summed E-state index contributed by atoms with van der Waals surface area (Å²) in [5, 5.41) is 12.0. The van der Waals surface area contributed by atoms with Gasteiger partial charge in [-0.25, -0.2) is 8.78 Å². The molecule has 3 rings (SSSR count). The second-order valence-corrected chi connectivity index (χ2v) is 5.61. The largest absolute Gasteiger partial charge is 0.309 e. The molecular weight excluding hydrogens is 246 g/mol. The lowest BCUT2D eigenvalue weighted by molar-refractivity contribution is 0.405. The molecule has 2 aliphatic carbocycles. The molecule has 0 saturated heterocycles. The van der Waals surface area contributed by atoms with Crippen LogP contribution in [0.15, 0.2) is 12.1 Å². The summed E-state index contributed by atoms with van der Waals surface area (Å²) >= 11 is 0. The summed E-state index contributed by atoms with van der Waals surface area (Å²) in [7, 11) is 0. The van der Waals surface area contributed by atoms with Crippen LogP contribution < -0.4 is 5.32 Å². The van der Waals surface area contributed by atoms with E-state index in [2.05, 4.69) is 5.32 Å². The lowest BCUT2D eigenvalue weighted by Crippen LogP contribution is -2.33. The molecule has 0 atom stereocenters. The van der Waals surface area contributed by atoms with Crippen LogP contribution in [0.5, 0.6) is 0 Å². The first kappa shape index (κ1) is 12.6. The maximum Gasteiger partial charge on any atom is 0.131 e. The number of nitrogens with one attached hydrogen (secondary N) is 1. The SMILES string of the molecule is N#Cc1cc(F)c(CNC(C2CC2)C2CC2)c(F)c1. The van der Waals surface area contributed by atoms with Gasteiger partial charge < -0.3 is 5.32 Å². The summed E-state index contributed by atoms with van der Waals surface area (Å²) in [6.07, 6.45) is 4.91. The number of benzene rings is 1. The van der Waals surface area contributed by atoms with Crippen LogP contribution in [-0.2, 0) is 6.54 Å². The van der Waals surface area contributed by atoms with Crippen molar-refractivity contribution in [2.45, 2.75) is 38.3 Å². The lowest BCUT2D eigenvalue weighted by Gasteiger charge is -2.18. The number of nitriles is 1. The summed E-state index contributed by atoms with van der Waals surface area (Å²) in [6, 6.07) is 4.37. The molecule has 0 aliphatic heterocycles. The number of hydrogen-bond donors (Lipinski definition) is 1. The minimum absolute atomic E-state index is 0.0275. The number of hydrogen-bond acceptors (Lipinski definition) is 2. The molecule has 4 heteroatoms. The Hall–Kier alpha value is -1.47. The predicted molar refractivity (Wildman–Crippen MR) is 67.1 cm³/mol. The van der Waals surface area contributed by atoms with E-state index in [-0.39, 0.29) is 17.7 Å². The van der Waals surface area contributed by atoms with Crippen LogP contribution in [0.4, 0.5) is 8.78 Å². The maximum absolute atomic E-state index is 13.8. The van der Waals surface area contributed by atoms with E-state index in [9.17, 15) is 8.78 Å². The van der Waals surface area contributed by atoms with Crippen molar-refractivity contribution >= 4 is 0 Å². The molecule has 0 radical (unpaired) electrons. The zero-order valence-corrected chi connectivity index (χ0v) is 10.6. The van der Waals surface area contributed by atoms with Crippen LogP contribution in [0.25, 0.3) is 0 Å². The van der Waals surface area contributed by atoms with Crippen molar-refractivity contribution in [1.82, 2.24) is 5.32 Å². The Morgan fingerprint density at radius 1 is 1.16 bits per heavy atom. The number of rotatable bonds is 5. The van der Waals surface area contributed by atoms with Gasteiger partial charge >= 0.3 is 0 Å². The van der Waals surface area contributed by atoms with Gasteiger partial charge in [0.05, 0.1) is 11.6 Å².